The molecule has 3 rings (SSSR count). The van der Waals surface area contributed by atoms with Gasteiger partial charge in [-0.3, -0.25) is 0 Å². The quantitative estimate of drug-likeness (QED) is 0.915. The summed E-state index contributed by atoms with van der Waals surface area (Å²) in [7, 11) is 1.68. The van der Waals surface area contributed by atoms with Gasteiger partial charge in [0.1, 0.15) is 10.8 Å². The highest BCUT2D eigenvalue weighted by Gasteiger charge is 2.21. The van der Waals surface area contributed by atoms with Gasteiger partial charge in [0.2, 0.25) is 0 Å². The molecule has 2 atom stereocenters. The molecule has 0 radical (unpaired) electrons. The molecule has 2 heterocycles. The van der Waals surface area contributed by atoms with Crippen molar-refractivity contribution in [2.75, 3.05) is 20.3 Å². The number of rotatable bonds is 5. The van der Waals surface area contributed by atoms with Gasteiger partial charge < -0.3 is 14.8 Å². The molecule has 0 aliphatic carbocycles. The van der Waals surface area contributed by atoms with Gasteiger partial charge >= 0.3 is 0 Å². The predicted octanol–water partition coefficient (Wildman–Crippen LogP) is 3.57. The van der Waals surface area contributed by atoms with Crippen LogP contribution in [0.15, 0.2) is 24.3 Å². The Morgan fingerprint density at radius 1 is 1.36 bits per heavy atom. The van der Waals surface area contributed by atoms with Crippen LogP contribution in [-0.4, -0.2) is 31.3 Å². The lowest BCUT2D eigenvalue weighted by atomic mass is 10.2. The minimum atomic E-state index is 0.302. The first kappa shape index (κ1) is 15.5. The van der Waals surface area contributed by atoms with Gasteiger partial charge in [0.15, 0.2) is 0 Å². The third kappa shape index (κ3) is 3.32. The number of nitrogens with one attached hydrogen (secondary N) is 1. The monoisotopic (exact) mass is 318 g/mol. The largest absolute Gasteiger partial charge is 0.497 e. The van der Waals surface area contributed by atoms with Crippen LogP contribution in [0.5, 0.6) is 5.75 Å². The van der Waals surface area contributed by atoms with Crippen molar-refractivity contribution >= 4 is 11.3 Å². The Kier molecular flexibility index (Phi) is 4.76. The molecule has 0 spiro atoms. The van der Waals surface area contributed by atoms with Gasteiger partial charge in [-0.25, -0.2) is 4.98 Å². The summed E-state index contributed by atoms with van der Waals surface area (Å²) >= 11 is 1.76. The molecule has 1 fully saturated rings. The first-order chi connectivity index (χ1) is 10.7. The first-order valence-corrected chi connectivity index (χ1v) is 8.44. The van der Waals surface area contributed by atoms with Crippen LogP contribution >= 0.6 is 11.3 Å². The number of thiazole rings is 1. The lowest BCUT2D eigenvalue weighted by Crippen LogP contribution is -2.31. The smallest absolute Gasteiger partial charge is 0.123 e. The molecule has 0 amide bonds. The van der Waals surface area contributed by atoms with Crippen molar-refractivity contribution in [1.82, 2.24) is 10.3 Å². The highest BCUT2D eigenvalue weighted by Crippen LogP contribution is 2.32. The van der Waals surface area contributed by atoms with Crippen LogP contribution in [0.3, 0.4) is 0 Å². The summed E-state index contributed by atoms with van der Waals surface area (Å²) in [4.78, 5) is 6.04. The minimum absolute atomic E-state index is 0.302. The van der Waals surface area contributed by atoms with Crippen LogP contribution in [0, 0.1) is 6.92 Å². The van der Waals surface area contributed by atoms with Crippen LogP contribution in [0.4, 0.5) is 0 Å². The molecular formula is C17H22N2O2S. The van der Waals surface area contributed by atoms with E-state index in [2.05, 4.69) is 31.3 Å². The van der Waals surface area contributed by atoms with E-state index in [9.17, 15) is 0 Å². The van der Waals surface area contributed by atoms with E-state index in [1.165, 1.54) is 4.88 Å². The third-order valence-electron chi connectivity index (χ3n) is 3.98. The van der Waals surface area contributed by atoms with E-state index in [1.807, 2.05) is 12.1 Å². The van der Waals surface area contributed by atoms with Gasteiger partial charge in [0.25, 0.3) is 0 Å². The van der Waals surface area contributed by atoms with Crippen molar-refractivity contribution in [3.05, 3.63) is 34.8 Å². The molecule has 0 unspecified atom stereocenters. The zero-order valence-electron chi connectivity index (χ0n) is 13.3. The lowest BCUT2D eigenvalue weighted by molar-refractivity contribution is 0.188. The number of nitrogens with zero attached hydrogens (tertiary/aromatic N) is 1. The maximum Gasteiger partial charge on any atom is 0.123 e. The lowest BCUT2D eigenvalue weighted by Gasteiger charge is -2.17. The molecule has 4 nitrogen and oxygen atoms in total. The highest BCUT2D eigenvalue weighted by atomic mass is 32.1. The van der Waals surface area contributed by atoms with E-state index < -0.39 is 0 Å². The molecule has 1 saturated heterocycles. The van der Waals surface area contributed by atoms with Crippen LogP contribution in [-0.2, 0) is 4.74 Å². The summed E-state index contributed by atoms with van der Waals surface area (Å²) in [6.07, 6.45) is 1.09. The van der Waals surface area contributed by atoms with Crippen molar-refractivity contribution in [2.45, 2.75) is 32.4 Å². The van der Waals surface area contributed by atoms with Gasteiger partial charge in [-0.05, 0) is 44.5 Å². The zero-order chi connectivity index (χ0) is 15.5. The van der Waals surface area contributed by atoms with E-state index >= 15 is 0 Å². The van der Waals surface area contributed by atoms with Crippen LogP contribution in [0.2, 0.25) is 0 Å². The topological polar surface area (TPSA) is 43.4 Å². The van der Waals surface area contributed by atoms with Crippen LogP contribution < -0.4 is 10.1 Å². The molecule has 118 valence electrons. The van der Waals surface area contributed by atoms with E-state index in [4.69, 9.17) is 14.5 Å². The molecule has 22 heavy (non-hydrogen) atoms. The Hall–Kier alpha value is -1.43. The van der Waals surface area contributed by atoms with Gasteiger partial charge in [0, 0.05) is 29.1 Å². The van der Waals surface area contributed by atoms with E-state index in [1.54, 1.807) is 18.4 Å². The summed E-state index contributed by atoms with van der Waals surface area (Å²) < 4.78 is 10.6. The van der Waals surface area contributed by atoms with Crippen LogP contribution in [0.25, 0.3) is 10.6 Å². The Morgan fingerprint density at radius 3 is 2.77 bits per heavy atom. The second kappa shape index (κ2) is 6.77. The van der Waals surface area contributed by atoms with E-state index in [0.717, 1.165) is 41.6 Å². The van der Waals surface area contributed by atoms with Crippen molar-refractivity contribution in [1.29, 1.82) is 0 Å². The Balaban J connectivity index is 1.76. The molecule has 5 heteroatoms. The summed E-state index contributed by atoms with van der Waals surface area (Å²) in [5.41, 5.74) is 2.24. The summed E-state index contributed by atoms with van der Waals surface area (Å²) in [5.74, 6) is 0.869. The molecule has 0 bridgehead atoms. The maximum absolute atomic E-state index is 5.43. The molecule has 1 aliphatic rings. The van der Waals surface area contributed by atoms with Gasteiger partial charge in [-0.1, -0.05) is 0 Å². The number of ether oxygens (including phenoxy) is 2. The number of hydrogen-bond acceptors (Lipinski definition) is 5. The summed E-state index contributed by atoms with van der Waals surface area (Å²) in [6.45, 7) is 5.97. The second-order valence-electron chi connectivity index (χ2n) is 5.65. The van der Waals surface area contributed by atoms with Gasteiger partial charge in [-0.15, -0.1) is 11.3 Å². The summed E-state index contributed by atoms with van der Waals surface area (Å²) in [6, 6.07) is 8.83. The second-order valence-corrected chi connectivity index (χ2v) is 6.68. The number of hydrogen-bond donors (Lipinski definition) is 1. The van der Waals surface area contributed by atoms with Crippen molar-refractivity contribution in [2.24, 2.45) is 0 Å². The zero-order valence-corrected chi connectivity index (χ0v) is 14.1. The van der Waals surface area contributed by atoms with Crippen molar-refractivity contribution < 1.29 is 9.47 Å². The SMILES string of the molecule is COc1ccc(-c2nc(C)c([C@H](C)N[C@H]3CCOC3)s2)cc1. The van der Waals surface area contributed by atoms with Crippen molar-refractivity contribution in [3.63, 3.8) is 0 Å². The number of aryl methyl sites for hydroxylation is 1. The van der Waals surface area contributed by atoms with E-state index in [0.29, 0.717) is 12.1 Å². The standard InChI is InChI=1S/C17H22N2O2S/c1-11(18-14-8-9-21-10-14)16-12(2)19-17(22-16)13-4-6-15(20-3)7-5-13/h4-7,11,14,18H,8-10H2,1-3H3/t11-,14-/m0/s1. The minimum Gasteiger partial charge on any atom is -0.497 e. The van der Waals surface area contributed by atoms with Crippen LogP contribution in [0.1, 0.15) is 30.0 Å². The fourth-order valence-electron chi connectivity index (χ4n) is 2.76. The van der Waals surface area contributed by atoms with Gasteiger partial charge in [0.05, 0.1) is 19.4 Å². The Labute approximate surface area is 135 Å². The average Bonchev–Trinajstić information content (AvgIpc) is 3.17. The van der Waals surface area contributed by atoms with Crippen molar-refractivity contribution in [3.8, 4) is 16.3 Å². The van der Waals surface area contributed by atoms with Gasteiger partial charge in [-0.2, -0.15) is 0 Å². The molecule has 1 aromatic heterocycles. The molecule has 1 N–H and O–H groups in total. The molecule has 0 saturated carbocycles. The normalized spacial score (nSPS) is 19.3. The Morgan fingerprint density at radius 2 is 2.14 bits per heavy atom. The molecular weight excluding hydrogens is 296 g/mol. The molecule has 2 aromatic rings. The first-order valence-electron chi connectivity index (χ1n) is 7.63. The molecule has 1 aromatic carbocycles. The number of benzene rings is 1. The number of methoxy groups -OCH3 is 1. The fraction of sp³-hybridized carbons (Fsp3) is 0.471. The molecule has 1 aliphatic heterocycles. The third-order valence-corrected chi connectivity index (χ3v) is 5.37. The average molecular weight is 318 g/mol. The van der Waals surface area contributed by atoms with E-state index in [-0.39, 0.29) is 0 Å². The summed E-state index contributed by atoms with van der Waals surface area (Å²) in [5, 5.41) is 4.71. The highest BCUT2D eigenvalue weighted by molar-refractivity contribution is 7.15. The predicted molar refractivity (Wildman–Crippen MR) is 89.6 cm³/mol. The maximum atomic E-state index is 5.43. The Bertz CT molecular complexity index is 618. The fourth-order valence-corrected chi connectivity index (χ4v) is 3.85. The number of aromatic nitrogens is 1.